The first-order valence-corrected chi connectivity index (χ1v) is 6.97. The summed E-state index contributed by atoms with van der Waals surface area (Å²) < 4.78 is 2.04. The summed E-state index contributed by atoms with van der Waals surface area (Å²) in [5.41, 5.74) is 2.97. The Labute approximate surface area is 128 Å². The molecule has 0 saturated carbocycles. The number of nitriles is 1. The minimum atomic E-state index is 0.563. The summed E-state index contributed by atoms with van der Waals surface area (Å²) in [4.78, 5) is 8.25. The smallest absolute Gasteiger partial charge is 0.126 e. The molecular weight excluding hydrogens is 274 g/mol. The van der Waals surface area contributed by atoms with Crippen LogP contribution in [0.3, 0.4) is 0 Å². The van der Waals surface area contributed by atoms with E-state index in [1.54, 1.807) is 18.5 Å². The second kappa shape index (κ2) is 6.55. The summed E-state index contributed by atoms with van der Waals surface area (Å²) in [6.07, 6.45) is 7.11. The molecule has 0 aliphatic heterocycles. The van der Waals surface area contributed by atoms with Crippen LogP contribution in [0.25, 0.3) is 0 Å². The zero-order chi connectivity index (χ0) is 15.2. The molecular formula is C17H15N5. The van der Waals surface area contributed by atoms with Crippen LogP contribution < -0.4 is 5.32 Å². The topological polar surface area (TPSA) is 66.5 Å². The second-order valence-corrected chi connectivity index (χ2v) is 4.95. The summed E-state index contributed by atoms with van der Waals surface area (Å²) in [5, 5.41) is 12.0. The van der Waals surface area contributed by atoms with Gasteiger partial charge >= 0.3 is 0 Å². The number of benzene rings is 1. The van der Waals surface area contributed by atoms with Crippen molar-refractivity contribution >= 4 is 5.82 Å². The van der Waals surface area contributed by atoms with Gasteiger partial charge in [0.2, 0.25) is 0 Å². The van der Waals surface area contributed by atoms with Crippen LogP contribution in [-0.4, -0.2) is 14.5 Å². The Kier molecular flexibility index (Phi) is 4.12. The van der Waals surface area contributed by atoms with Gasteiger partial charge in [0.1, 0.15) is 11.9 Å². The standard InChI is InChI=1S/C17H15N5/c18-9-16-4-5-17(21-11-16)20-10-14-2-1-3-15(8-14)12-22-7-6-19-13-22/h1-8,11,13H,10,12H2,(H,20,21). The van der Waals surface area contributed by atoms with Crippen molar-refractivity contribution in [1.82, 2.24) is 14.5 Å². The number of hydrogen-bond acceptors (Lipinski definition) is 4. The molecule has 0 saturated heterocycles. The molecule has 108 valence electrons. The molecule has 5 heteroatoms. The highest BCUT2D eigenvalue weighted by molar-refractivity contribution is 5.40. The second-order valence-electron chi connectivity index (χ2n) is 4.95. The van der Waals surface area contributed by atoms with Gasteiger partial charge in [0.05, 0.1) is 11.9 Å². The van der Waals surface area contributed by atoms with Crippen molar-refractivity contribution in [2.75, 3.05) is 5.32 Å². The van der Waals surface area contributed by atoms with Crippen LogP contribution in [0.4, 0.5) is 5.82 Å². The molecule has 0 aliphatic rings. The maximum absolute atomic E-state index is 8.76. The molecule has 0 unspecified atom stereocenters. The number of nitrogens with one attached hydrogen (secondary N) is 1. The Morgan fingerprint density at radius 2 is 2.09 bits per heavy atom. The minimum absolute atomic E-state index is 0.563. The van der Waals surface area contributed by atoms with E-state index in [1.165, 1.54) is 11.1 Å². The first-order valence-electron chi connectivity index (χ1n) is 6.97. The number of aromatic nitrogens is 3. The highest BCUT2D eigenvalue weighted by Gasteiger charge is 1.99. The first-order chi connectivity index (χ1) is 10.8. The van der Waals surface area contributed by atoms with Crippen molar-refractivity contribution in [3.05, 3.63) is 78.0 Å². The molecule has 3 aromatic rings. The molecule has 0 amide bonds. The largest absolute Gasteiger partial charge is 0.366 e. The molecule has 5 nitrogen and oxygen atoms in total. The summed E-state index contributed by atoms with van der Waals surface area (Å²) >= 11 is 0. The first kappa shape index (κ1) is 13.8. The van der Waals surface area contributed by atoms with E-state index in [-0.39, 0.29) is 0 Å². The zero-order valence-electron chi connectivity index (χ0n) is 12.0. The van der Waals surface area contributed by atoms with Gasteiger partial charge in [-0.3, -0.25) is 0 Å². The van der Waals surface area contributed by atoms with E-state index in [1.807, 2.05) is 23.2 Å². The van der Waals surface area contributed by atoms with Crippen molar-refractivity contribution in [2.45, 2.75) is 13.1 Å². The Bertz CT molecular complexity index is 770. The Hall–Kier alpha value is -3.13. The van der Waals surface area contributed by atoms with Crippen molar-refractivity contribution in [3.63, 3.8) is 0 Å². The number of imidazole rings is 1. The van der Waals surface area contributed by atoms with Crippen LogP contribution in [-0.2, 0) is 13.1 Å². The highest BCUT2D eigenvalue weighted by Crippen LogP contribution is 2.10. The maximum Gasteiger partial charge on any atom is 0.126 e. The van der Waals surface area contributed by atoms with Crippen LogP contribution in [0.5, 0.6) is 0 Å². The quantitative estimate of drug-likeness (QED) is 0.784. The van der Waals surface area contributed by atoms with Gasteiger partial charge in [0.15, 0.2) is 0 Å². The number of hydrogen-bond donors (Lipinski definition) is 1. The van der Waals surface area contributed by atoms with E-state index < -0.39 is 0 Å². The predicted molar refractivity (Wildman–Crippen MR) is 84.0 cm³/mol. The normalized spacial score (nSPS) is 10.1. The summed E-state index contributed by atoms with van der Waals surface area (Å²) in [7, 11) is 0. The van der Waals surface area contributed by atoms with E-state index in [0.29, 0.717) is 12.1 Å². The van der Waals surface area contributed by atoms with Crippen LogP contribution in [0.2, 0.25) is 0 Å². The lowest BCUT2D eigenvalue weighted by Crippen LogP contribution is -2.03. The highest BCUT2D eigenvalue weighted by atomic mass is 15.0. The number of nitrogens with zero attached hydrogens (tertiary/aromatic N) is 4. The third kappa shape index (κ3) is 3.49. The molecule has 0 aliphatic carbocycles. The van der Waals surface area contributed by atoms with Gasteiger partial charge in [-0.15, -0.1) is 0 Å². The van der Waals surface area contributed by atoms with Gasteiger partial charge in [-0.2, -0.15) is 5.26 Å². The molecule has 22 heavy (non-hydrogen) atoms. The molecule has 0 fully saturated rings. The molecule has 0 radical (unpaired) electrons. The van der Waals surface area contributed by atoms with Gasteiger partial charge in [0, 0.05) is 31.7 Å². The Balaban J connectivity index is 1.63. The zero-order valence-corrected chi connectivity index (χ0v) is 12.0. The molecule has 1 aromatic carbocycles. The van der Waals surface area contributed by atoms with E-state index in [4.69, 9.17) is 5.26 Å². The van der Waals surface area contributed by atoms with E-state index >= 15 is 0 Å². The number of anilines is 1. The lowest BCUT2D eigenvalue weighted by atomic mass is 10.1. The van der Waals surface area contributed by atoms with Gasteiger partial charge in [-0.1, -0.05) is 24.3 Å². The SMILES string of the molecule is N#Cc1ccc(NCc2cccc(Cn3ccnc3)c2)nc1. The molecule has 3 rings (SSSR count). The van der Waals surface area contributed by atoms with Crippen LogP contribution in [0, 0.1) is 11.3 Å². The predicted octanol–water partition coefficient (Wildman–Crippen LogP) is 2.81. The number of rotatable bonds is 5. The average Bonchev–Trinajstić information content (AvgIpc) is 3.07. The van der Waals surface area contributed by atoms with Crippen molar-refractivity contribution in [2.24, 2.45) is 0 Å². The third-order valence-electron chi connectivity index (χ3n) is 3.28. The van der Waals surface area contributed by atoms with Crippen molar-refractivity contribution < 1.29 is 0 Å². The third-order valence-corrected chi connectivity index (χ3v) is 3.28. The van der Waals surface area contributed by atoms with Crippen molar-refractivity contribution in [3.8, 4) is 6.07 Å². The monoisotopic (exact) mass is 289 g/mol. The molecule has 2 heterocycles. The van der Waals surface area contributed by atoms with Crippen LogP contribution in [0.1, 0.15) is 16.7 Å². The van der Waals surface area contributed by atoms with E-state index in [0.717, 1.165) is 12.4 Å². The number of pyridine rings is 1. The summed E-state index contributed by atoms with van der Waals surface area (Å²) in [6.45, 7) is 1.50. The van der Waals surface area contributed by atoms with E-state index in [2.05, 4.69) is 45.6 Å². The van der Waals surface area contributed by atoms with Gasteiger partial charge in [-0.25, -0.2) is 9.97 Å². The fourth-order valence-electron chi connectivity index (χ4n) is 2.19. The average molecular weight is 289 g/mol. The molecule has 2 aromatic heterocycles. The van der Waals surface area contributed by atoms with Gasteiger partial charge < -0.3 is 9.88 Å². The molecule has 1 N–H and O–H groups in total. The lowest BCUT2D eigenvalue weighted by molar-refractivity contribution is 0.796. The van der Waals surface area contributed by atoms with Crippen LogP contribution >= 0.6 is 0 Å². The Morgan fingerprint density at radius 1 is 1.18 bits per heavy atom. The van der Waals surface area contributed by atoms with E-state index in [9.17, 15) is 0 Å². The molecule has 0 atom stereocenters. The van der Waals surface area contributed by atoms with Gasteiger partial charge in [0.25, 0.3) is 0 Å². The minimum Gasteiger partial charge on any atom is -0.366 e. The lowest BCUT2D eigenvalue weighted by Gasteiger charge is -2.08. The molecule has 0 spiro atoms. The summed E-state index contributed by atoms with van der Waals surface area (Å²) in [5.74, 6) is 0.763. The molecule has 0 bridgehead atoms. The maximum atomic E-state index is 8.76. The summed E-state index contributed by atoms with van der Waals surface area (Å²) in [6, 6.07) is 14.0. The fourth-order valence-corrected chi connectivity index (χ4v) is 2.19. The van der Waals surface area contributed by atoms with Gasteiger partial charge in [-0.05, 0) is 23.3 Å². The Morgan fingerprint density at radius 3 is 2.82 bits per heavy atom. The van der Waals surface area contributed by atoms with Crippen LogP contribution in [0.15, 0.2) is 61.3 Å². The fraction of sp³-hybridized carbons (Fsp3) is 0.118. The van der Waals surface area contributed by atoms with Crippen molar-refractivity contribution in [1.29, 1.82) is 5.26 Å².